The van der Waals surface area contributed by atoms with E-state index in [9.17, 15) is 4.79 Å². The minimum Gasteiger partial charge on any atom is -0.496 e. The average molecular weight is 309 g/mol. The lowest BCUT2D eigenvalue weighted by Gasteiger charge is -2.10. The average Bonchev–Trinajstić information content (AvgIpc) is 2.87. The topological polar surface area (TPSA) is 55.6 Å². The Morgan fingerprint density at radius 1 is 1.26 bits per heavy atom. The van der Waals surface area contributed by atoms with Gasteiger partial charge in [-0.05, 0) is 37.6 Å². The van der Waals surface area contributed by atoms with Gasteiger partial charge in [0.15, 0.2) is 0 Å². The highest BCUT2D eigenvalue weighted by molar-refractivity contribution is 5.94. The number of pyridine rings is 1. The highest BCUT2D eigenvalue weighted by atomic mass is 16.5. The third-order valence-electron chi connectivity index (χ3n) is 3.80. The standard InChI is InChI=1S/C18H19N3O2/c1-12-8-9-21-16(10-12)20-13(2)17(21)18(22)19-11-14-6-4-5-7-15(14)23-3/h4-10H,11H2,1-3H3,(H,19,22). The summed E-state index contributed by atoms with van der Waals surface area (Å²) < 4.78 is 7.13. The maximum absolute atomic E-state index is 12.6. The van der Waals surface area contributed by atoms with Gasteiger partial charge in [-0.25, -0.2) is 4.98 Å². The molecule has 3 aromatic rings. The summed E-state index contributed by atoms with van der Waals surface area (Å²) in [5.41, 5.74) is 4.11. The van der Waals surface area contributed by atoms with E-state index in [1.54, 1.807) is 7.11 Å². The fourth-order valence-electron chi connectivity index (χ4n) is 2.65. The summed E-state index contributed by atoms with van der Waals surface area (Å²) in [6, 6.07) is 11.6. The van der Waals surface area contributed by atoms with Gasteiger partial charge in [0.1, 0.15) is 17.1 Å². The molecule has 5 heteroatoms. The van der Waals surface area contributed by atoms with Gasteiger partial charge in [0.05, 0.1) is 12.8 Å². The highest BCUT2D eigenvalue weighted by Crippen LogP contribution is 2.18. The minimum absolute atomic E-state index is 0.148. The summed E-state index contributed by atoms with van der Waals surface area (Å²) in [6.07, 6.45) is 1.88. The Labute approximate surface area is 134 Å². The van der Waals surface area contributed by atoms with Crippen molar-refractivity contribution >= 4 is 11.6 Å². The van der Waals surface area contributed by atoms with E-state index >= 15 is 0 Å². The zero-order chi connectivity index (χ0) is 16.4. The molecule has 5 nitrogen and oxygen atoms in total. The van der Waals surface area contributed by atoms with Crippen LogP contribution in [0, 0.1) is 13.8 Å². The van der Waals surface area contributed by atoms with Crippen molar-refractivity contribution < 1.29 is 9.53 Å². The molecule has 23 heavy (non-hydrogen) atoms. The largest absolute Gasteiger partial charge is 0.496 e. The number of aryl methyl sites for hydroxylation is 2. The van der Waals surface area contributed by atoms with E-state index in [0.717, 1.165) is 22.5 Å². The summed E-state index contributed by atoms with van der Waals surface area (Å²) in [7, 11) is 1.62. The molecule has 1 aromatic carbocycles. The Kier molecular flexibility index (Phi) is 4.02. The number of rotatable bonds is 4. The normalized spacial score (nSPS) is 10.7. The van der Waals surface area contributed by atoms with Crippen molar-refractivity contribution in [2.75, 3.05) is 7.11 Å². The number of amides is 1. The summed E-state index contributed by atoms with van der Waals surface area (Å²) in [5, 5.41) is 2.94. The lowest BCUT2D eigenvalue weighted by molar-refractivity contribution is 0.0944. The number of imidazole rings is 1. The second-order valence-corrected chi connectivity index (χ2v) is 5.47. The van der Waals surface area contributed by atoms with Gasteiger partial charge in [0.25, 0.3) is 5.91 Å². The van der Waals surface area contributed by atoms with Gasteiger partial charge >= 0.3 is 0 Å². The molecule has 1 N–H and O–H groups in total. The number of carbonyl (C=O) groups excluding carboxylic acids is 1. The minimum atomic E-state index is -0.148. The Bertz CT molecular complexity index is 868. The Hall–Kier alpha value is -2.82. The van der Waals surface area contributed by atoms with Crippen LogP contribution in [-0.2, 0) is 6.54 Å². The van der Waals surface area contributed by atoms with E-state index in [1.165, 1.54) is 0 Å². The quantitative estimate of drug-likeness (QED) is 0.806. The fourth-order valence-corrected chi connectivity index (χ4v) is 2.65. The molecule has 0 bridgehead atoms. The molecule has 2 heterocycles. The lowest BCUT2D eigenvalue weighted by Crippen LogP contribution is -2.25. The van der Waals surface area contributed by atoms with Crippen LogP contribution in [0.15, 0.2) is 42.6 Å². The number of benzene rings is 1. The van der Waals surface area contributed by atoms with Crippen LogP contribution in [0.25, 0.3) is 5.65 Å². The Balaban J connectivity index is 1.85. The molecule has 0 unspecified atom stereocenters. The van der Waals surface area contributed by atoms with E-state index in [0.29, 0.717) is 17.9 Å². The van der Waals surface area contributed by atoms with Crippen LogP contribution in [0.3, 0.4) is 0 Å². The third kappa shape index (κ3) is 2.90. The second kappa shape index (κ2) is 6.12. The number of methoxy groups -OCH3 is 1. The number of para-hydroxylation sites is 1. The molecule has 0 aliphatic heterocycles. The number of nitrogens with zero attached hydrogens (tertiary/aromatic N) is 2. The molecule has 0 saturated heterocycles. The van der Waals surface area contributed by atoms with E-state index in [4.69, 9.17) is 4.74 Å². The van der Waals surface area contributed by atoms with Gasteiger partial charge in [-0.15, -0.1) is 0 Å². The van der Waals surface area contributed by atoms with Crippen molar-refractivity contribution in [3.05, 3.63) is 65.1 Å². The Morgan fingerprint density at radius 2 is 2.04 bits per heavy atom. The molecule has 0 aliphatic carbocycles. The lowest BCUT2D eigenvalue weighted by atomic mass is 10.2. The van der Waals surface area contributed by atoms with E-state index in [1.807, 2.05) is 60.8 Å². The molecular weight excluding hydrogens is 290 g/mol. The number of hydrogen-bond acceptors (Lipinski definition) is 3. The van der Waals surface area contributed by atoms with Crippen molar-refractivity contribution in [3.63, 3.8) is 0 Å². The molecule has 0 saturated carbocycles. The van der Waals surface area contributed by atoms with Gasteiger partial charge in [-0.2, -0.15) is 0 Å². The zero-order valence-electron chi connectivity index (χ0n) is 13.5. The first-order chi connectivity index (χ1) is 11.1. The van der Waals surface area contributed by atoms with Crippen LogP contribution in [0.5, 0.6) is 5.75 Å². The molecule has 3 rings (SSSR count). The van der Waals surface area contributed by atoms with Gasteiger partial charge in [0.2, 0.25) is 0 Å². The van der Waals surface area contributed by atoms with E-state index in [2.05, 4.69) is 10.3 Å². The Morgan fingerprint density at radius 3 is 2.83 bits per heavy atom. The molecule has 0 spiro atoms. The molecule has 2 aromatic heterocycles. The molecule has 1 amide bonds. The number of aromatic nitrogens is 2. The molecule has 0 fully saturated rings. The predicted molar refractivity (Wildman–Crippen MR) is 88.8 cm³/mol. The van der Waals surface area contributed by atoms with Crippen LogP contribution < -0.4 is 10.1 Å². The van der Waals surface area contributed by atoms with Crippen LogP contribution >= 0.6 is 0 Å². The molecule has 0 radical (unpaired) electrons. The first-order valence-corrected chi connectivity index (χ1v) is 7.45. The zero-order valence-corrected chi connectivity index (χ0v) is 13.5. The summed E-state index contributed by atoms with van der Waals surface area (Å²) in [6.45, 7) is 4.26. The summed E-state index contributed by atoms with van der Waals surface area (Å²) in [5.74, 6) is 0.614. The SMILES string of the molecule is COc1ccccc1CNC(=O)c1c(C)nc2cc(C)ccn12. The summed E-state index contributed by atoms with van der Waals surface area (Å²) >= 11 is 0. The molecule has 0 atom stereocenters. The van der Waals surface area contributed by atoms with Crippen LogP contribution in [0.4, 0.5) is 0 Å². The van der Waals surface area contributed by atoms with Crippen molar-refractivity contribution in [3.8, 4) is 5.75 Å². The monoisotopic (exact) mass is 309 g/mol. The third-order valence-corrected chi connectivity index (χ3v) is 3.80. The van der Waals surface area contributed by atoms with E-state index in [-0.39, 0.29) is 5.91 Å². The smallest absolute Gasteiger partial charge is 0.270 e. The van der Waals surface area contributed by atoms with Gasteiger partial charge in [-0.1, -0.05) is 18.2 Å². The summed E-state index contributed by atoms with van der Waals surface area (Å²) in [4.78, 5) is 17.0. The van der Waals surface area contributed by atoms with Gasteiger partial charge < -0.3 is 10.1 Å². The number of carbonyl (C=O) groups is 1. The second-order valence-electron chi connectivity index (χ2n) is 5.47. The fraction of sp³-hybridized carbons (Fsp3) is 0.222. The molecular formula is C18H19N3O2. The van der Waals surface area contributed by atoms with Gasteiger partial charge in [-0.3, -0.25) is 9.20 Å². The van der Waals surface area contributed by atoms with Crippen molar-refractivity contribution in [1.29, 1.82) is 0 Å². The maximum atomic E-state index is 12.6. The molecule has 0 aliphatic rings. The first-order valence-electron chi connectivity index (χ1n) is 7.45. The van der Waals surface area contributed by atoms with Gasteiger partial charge in [0, 0.05) is 18.3 Å². The van der Waals surface area contributed by atoms with Crippen LogP contribution in [0.2, 0.25) is 0 Å². The number of ether oxygens (including phenoxy) is 1. The predicted octanol–water partition coefficient (Wildman–Crippen LogP) is 2.89. The number of nitrogens with one attached hydrogen (secondary N) is 1. The highest BCUT2D eigenvalue weighted by Gasteiger charge is 2.16. The van der Waals surface area contributed by atoms with Crippen molar-refractivity contribution in [1.82, 2.24) is 14.7 Å². The van der Waals surface area contributed by atoms with Crippen LogP contribution in [0.1, 0.15) is 27.3 Å². The molecule has 118 valence electrons. The number of fused-ring (bicyclic) bond motifs is 1. The van der Waals surface area contributed by atoms with E-state index < -0.39 is 0 Å². The first kappa shape index (κ1) is 15.1. The van der Waals surface area contributed by atoms with Crippen molar-refractivity contribution in [2.24, 2.45) is 0 Å². The maximum Gasteiger partial charge on any atom is 0.270 e. The number of hydrogen-bond donors (Lipinski definition) is 1. The van der Waals surface area contributed by atoms with Crippen LogP contribution in [-0.4, -0.2) is 22.4 Å². The van der Waals surface area contributed by atoms with Crippen molar-refractivity contribution in [2.45, 2.75) is 20.4 Å².